The standard InChI is InChI=1S/C19H30ClN7O/c1-13(2)14-12-26(7-5-21-14)6-4-15-22-16-17(25(15)3)23-19(20)24-18(16)27-8-10-28-11-9-27/h13-14,21H,4-12H2,1-3H3. The largest absolute Gasteiger partial charge is 0.378 e. The molecule has 2 aliphatic rings. The van der Waals surface area contributed by atoms with E-state index in [4.69, 9.17) is 21.3 Å². The molecule has 9 heteroatoms. The SMILES string of the molecule is CC(C)C1CN(CCc2nc3c(N4CCOCC4)nc(Cl)nc3n2C)CCN1. The van der Waals surface area contributed by atoms with Crippen molar-refractivity contribution in [1.29, 1.82) is 0 Å². The normalized spacial score (nSPS) is 21.8. The first-order chi connectivity index (χ1) is 13.5. The van der Waals surface area contributed by atoms with Crippen molar-refractivity contribution in [2.45, 2.75) is 26.3 Å². The minimum Gasteiger partial charge on any atom is -0.378 e. The van der Waals surface area contributed by atoms with Gasteiger partial charge >= 0.3 is 0 Å². The third-order valence-corrected chi connectivity index (χ3v) is 5.99. The van der Waals surface area contributed by atoms with Crippen molar-refractivity contribution in [2.24, 2.45) is 13.0 Å². The van der Waals surface area contributed by atoms with E-state index in [1.807, 2.05) is 7.05 Å². The highest BCUT2D eigenvalue weighted by atomic mass is 35.5. The lowest BCUT2D eigenvalue weighted by Gasteiger charge is -2.35. The molecule has 154 valence electrons. The van der Waals surface area contributed by atoms with E-state index >= 15 is 0 Å². The van der Waals surface area contributed by atoms with Crippen LogP contribution < -0.4 is 10.2 Å². The first kappa shape index (κ1) is 19.8. The lowest BCUT2D eigenvalue weighted by Crippen LogP contribution is -2.53. The topological polar surface area (TPSA) is 71.3 Å². The fourth-order valence-corrected chi connectivity index (χ4v) is 4.19. The molecule has 4 heterocycles. The Balaban J connectivity index is 1.54. The fourth-order valence-electron chi connectivity index (χ4n) is 4.03. The van der Waals surface area contributed by atoms with Crippen molar-refractivity contribution in [3.63, 3.8) is 0 Å². The van der Waals surface area contributed by atoms with Crippen LogP contribution in [0, 0.1) is 5.92 Å². The Hall–Kier alpha value is -1.48. The summed E-state index contributed by atoms with van der Waals surface area (Å²) in [6, 6.07) is 0.562. The second-order valence-corrected chi connectivity index (χ2v) is 8.37. The lowest BCUT2D eigenvalue weighted by molar-refractivity contribution is 0.122. The fraction of sp³-hybridized carbons (Fsp3) is 0.737. The highest BCUT2D eigenvalue weighted by molar-refractivity contribution is 6.28. The Labute approximate surface area is 171 Å². The van der Waals surface area contributed by atoms with E-state index in [2.05, 4.69) is 43.5 Å². The lowest BCUT2D eigenvalue weighted by atomic mass is 10.0. The summed E-state index contributed by atoms with van der Waals surface area (Å²) < 4.78 is 7.53. The number of piperazine rings is 1. The number of imidazole rings is 1. The van der Waals surface area contributed by atoms with Gasteiger partial charge < -0.3 is 24.4 Å². The molecule has 2 saturated heterocycles. The van der Waals surface area contributed by atoms with Gasteiger partial charge in [0.1, 0.15) is 5.82 Å². The van der Waals surface area contributed by atoms with E-state index in [-0.39, 0.29) is 5.28 Å². The van der Waals surface area contributed by atoms with Crippen LogP contribution >= 0.6 is 11.6 Å². The van der Waals surface area contributed by atoms with Crippen molar-refractivity contribution < 1.29 is 4.74 Å². The summed E-state index contributed by atoms with van der Waals surface area (Å²) >= 11 is 6.23. The molecule has 1 unspecified atom stereocenters. The zero-order valence-corrected chi connectivity index (χ0v) is 17.7. The minimum absolute atomic E-state index is 0.269. The number of anilines is 1. The zero-order valence-electron chi connectivity index (χ0n) is 17.0. The van der Waals surface area contributed by atoms with Gasteiger partial charge in [-0.1, -0.05) is 13.8 Å². The highest BCUT2D eigenvalue weighted by Crippen LogP contribution is 2.26. The minimum atomic E-state index is 0.269. The molecule has 0 radical (unpaired) electrons. The zero-order chi connectivity index (χ0) is 19.7. The monoisotopic (exact) mass is 407 g/mol. The average Bonchev–Trinajstić information content (AvgIpc) is 3.02. The molecule has 0 saturated carbocycles. The van der Waals surface area contributed by atoms with Gasteiger partial charge in [0.15, 0.2) is 17.0 Å². The van der Waals surface area contributed by atoms with Gasteiger partial charge in [0.05, 0.1) is 13.2 Å². The number of rotatable bonds is 5. The highest BCUT2D eigenvalue weighted by Gasteiger charge is 2.24. The molecule has 0 aromatic carbocycles. The maximum absolute atomic E-state index is 6.23. The number of nitrogens with zero attached hydrogens (tertiary/aromatic N) is 6. The second-order valence-electron chi connectivity index (χ2n) is 8.03. The van der Waals surface area contributed by atoms with Crippen LogP contribution in [0.25, 0.3) is 11.2 Å². The Morgan fingerprint density at radius 3 is 2.71 bits per heavy atom. The molecular weight excluding hydrogens is 378 g/mol. The Kier molecular flexibility index (Phi) is 6.01. The smallest absolute Gasteiger partial charge is 0.226 e. The molecule has 28 heavy (non-hydrogen) atoms. The van der Waals surface area contributed by atoms with Crippen molar-refractivity contribution in [3.8, 4) is 0 Å². The Morgan fingerprint density at radius 2 is 1.96 bits per heavy atom. The summed E-state index contributed by atoms with van der Waals surface area (Å²) in [5.74, 6) is 2.50. The summed E-state index contributed by atoms with van der Waals surface area (Å²) in [4.78, 5) is 18.6. The first-order valence-electron chi connectivity index (χ1n) is 10.2. The molecule has 0 aliphatic carbocycles. The predicted octanol–water partition coefficient (Wildman–Crippen LogP) is 1.33. The number of fused-ring (bicyclic) bond motifs is 1. The molecule has 4 rings (SSSR count). The van der Waals surface area contributed by atoms with Gasteiger partial charge in [-0.3, -0.25) is 0 Å². The molecule has 1 atom stereocenters. The van der Waals surface area contributed by atoms with Gasteiger partial charge in [-0.2, -0.15) is 9.97 Å². The molecule has 2 aliphatic heterocycles. The average molecular weight is 408 g/mol. The van der Waals surface area contributed by atoms with E-state index in [9.17, 15) is 0 Å². The van der Waals surface area contributed by atoms with Gasteiger partial charge in [-0.25, -0.2) is 4.98 Å². The molecule has 0 bridgehead atoms. The van der Waals surface area contributed by atoms with Gasteiger partial charge in [-0.05, 0) is 17.5 Å². The van der Waals surface area contributed by atoms with E-state index in [0.717, 1.165) is 68.5 Å². The predicted molar refractivity (Wildman–Crippen MR) is 111 cm³/mol. The van der Waals surface area contributed by atoms with Crippen molar-refractivity contribution in [1.82, 2.24) is 29.7 Å². The van der Waals surface area contributed by atoms with Crippen LogP contribution in [0.15, 0.2) is 0 Å². The maximum atomic E-state index is 6.23. The molecule has 8 nitrogen and oxygen atoms in total. The van der Waals surface area contributed by atoms with Crippen LogP contribution in [0.4, 0.5) is 5.82 Å². The van der Waals surface area contributed by atoms with Crippen LogP contribution in [0.2, 0.25) is 5.28 Å². The third-order valence-electron chi connectivity index (χ3n) is 5.82. The summed E-state index contributed by atoms with van der Waals surface area (Å²) in [6.45, 7) is 11.8. The van der Waals surface area contributed by atoms with Gasteiger partial charge in [-0.15, -0.1) is 0 Å². The summed E-state index contributed by atoms with van der Waals surface area (Å²) in [7, 11) is 2.02. The van der Waals surface area contributed by atoms with Crippen LogP contribution in [0.1, 0.15) is 19.7 Å². The van der Waals surface area contributed by atoms with Gasteiger partial charge in [0.2, 0.25) is 5.28 Å². The van der Waals surface area contributed by atoms with E-state index in [1.165, 1.54) is 0 Å². The quantitative estimate of drug-likeness (QED) is 0.749. The Bertz CT molecular complexity index is 818. The number of morpholine rings is 1. The maximum Gasteiger partial charge on any atom is 0.226 e. The molecule has 0 spiro atoms. The Morgan fingerprint density at radius 1 is 1.18 bits per heavy atom. The van der Waals surface area contributed by atoms with E-state index < -0.39 is 0 Å². The number of hydrogen-bond acceptors (Lipinski definition) is 7. The molecular formula is C19H30ClN7O. The molecule has 2 fully saturated rings. The molecule has 2 aromatic rings. The second kappa shape index (κ2) is 8.49. The van der Waals surface area contributed by atoms with Crippen molar-refractivity contribution >= 4 is 28.6 Å². The van der Waals surface area contributed by atoms with Crippen LogP contribution in [0.5, 0.6) is 0 Å². The number of hydrogen-bond donors (Lipinski definition) is 1. The van der Waals surface area contributed by atoms with Crippen LogP contribution in [-0.2, 0) is 18.2 Å². The molecule has 2 aromatic heterocycles. The summed E-state index contributed by atoms with van der Waals surface area (Å²) in [5, 5.41) is 3.89. The van der Waals surface area contributed by atoms with Crippen molar-refractivity contribution in [3.05, 3.63) is 11.1 Å². The number of aromatic nitrogens is 4. The number of halogens is 1. The molecule has 1 N–H and O–H groups in total. The summed E-state index contributed by atoms with van der Waals surface area (Å²) in [6.07, 6.45) is 0.887. The van der Waals surface area contributed by atoms with Gasteiger partial charge in [0, 0.05) is 58.8 Å². The number of aryl methyl sites for hydroxylation is 1. The van der Waals surface area contributed by atoms with Crippen LogP contribution in [-0.4, -0.2) is 82.9 Å². The van der Waals surface area contributed by atoms with Gasteiger partial charge in [0.25, 0.3) is 0 Å². The number of ether oxygens (including phenoxy) is 1. The van der Waals surface area contributed by atoms with Crippen molar-refractivity contribution in [2.75, 3.05) is 57.4 Å². The van der Waals surface area contributed by atoms with E-state index in [0.29, 0.717) is 25.2 Å². The summed E-state index contributed by atoms with van der Waals surface area (Å²) in [5.41, 5.74) is 1.64. The van der Waals surface area contributed by atoms with E-state index in [1.54, 1.807) is 0 Å². The third kappa shape index (κ3) is 4.10. The van der Waals surface area contributed by atoms with Crippen LogP contribution in [0.3, 0.4) is 0 Å². The first-order valence-corrected chi connectivity index (χ1v) is 10.6. The number of nitrogens with one attached hydrogen (secondary N) is 1. The molecule has 0 amide bonds.